The van der Waals surface area contributed by atoms with E-state index in [0.29, 0.717) is 17.7 Å². The molecule has 0 aliphatic rings. The lowest BCUT2D eigenvalue weighted by molar-refractivity contribution is -0.137. The van der Waals surface area contributed by atoms with Crippen LogP contribution in [0.15, 0.2) is 42.6 Å². The zero-order valence-corrected chi connectivity index (χ0v) is 13.4. The van der Waals surface area contributed by atoms with Crippen LogP contribution >= 0.6 is 11.3 Å². The van der Waals surface area contributed by atoms with Gasteiger partial charge in [-0.15, -0.1) is 11.3 Å². The summed E-state index contributed by atoms with van der Waals surface area (Å²) in [6.45, 7) is 1.83. The summed E-state index contributed by atoms with van der Waals surface area (Å²) in [5, 5.41) is 10.0. The molecule has 0 saturated carbocycles. The molecule has 0 fully saturated rings. The van der Waals surface area contributed by atoms with E-state index in [2.05, 4.69) is 9.97 Å². The Morgan fingerprint density at radius 2 is 1.96 bits per heavy atom. The molecule has 124 valence electrons. The minimum Gasteiger partial charge on any atom is -0.506 e. The molecular formula is C17H13F3N2OS. The summed E-state index contributed by atoms with van der Waals surface area (Å²) in [6.07, 6.45) is -2.68. The lowest BCUT2D eigenvalue weighted by Crippen LogP contribution is -2.05. The molecule has 7 heteroatoms. The minimum absolute atomic E-state index is 0.0742. The van der Waals surface area contributed by atoms with Crippen molar-refractivity contribution in [3.63, 3.8) is 0 Å². The first-order valence-corrected chi connectivity index (χ1v) is 7.92. The number of halogens is 3. The Morgan fingerprint density at radius 1 is 1.17 bits per heavy atom. The van der Waals surface area contributed by atoms with Crippen LogP contribution in [-0.2, 0) is 12.6 Å². The number of aromatic nitrogens is 2. The molecule has 1 aromatic carbocycles. The minimum atomic E-state index is -4.35. The van der Waals surface area contributed by atoms with Crippen LogP contribution in [0.5, 0.6) is 5.75 Å². The SMILES string of the molecule is Cc1nc(Cc2cccc(C(F)(F)F)c2)sc1-c1ccc(O)cn1. The van der Waals surface area contributed by atoms with Crippen molar-refractivity contribution in [1.29, 1.82) is 0 Å². The Balaban J connectivity index is 1.87. The van der Waals surface area contributed by atoms with Crippen LogP contribution in [0.1, 0.15) is 21.8 Å². The predicted octanol–water partition coefficient (Wildman–Crippen LogP) is 4.83. The van der Waals surface area contributed by atoms with E-state index in [1.165, 1.54) is 29.7 Å². The van der Waals surface area contributed by atoms with E-state index in [1.54, 1.807) is 12.1 Å². The van der Waals surface area contributed by atoms with Crippen molar-refractivity contribution >= 4 is 11.3 Å². The summed E-state index contributed by atoms with van der Waals surface area (Å²) in [5.41, 5.74) is 1.34. The highest BCUT2D eigenvalue weighted by Crippen LogP contribution is 2.32. The van der Waals surface area contributed by atoms with E-state index in [1.807, 2.05) is 6.92 Å². The van der Waals surface area contributed by atoms with Gasteiger partial charge in [-0.3, -0.25) is 4.98 Å². The fraction of sp³-hybridized carbons (Fsp3) is 0.176. The van der Waals surface area contributed by atoms with E-state index in [4.69, 9.17) is 0 Å². The smallest absolute Gasteiger partial charge is 0.416 e. The normalized spacial score (nSPS) is 11.7. The number of alkyl halides is 3. The van der Waals surface area contributed by atoms with E-state index >= 15 is 0 Å². The number of aryl methyl sites for hydroxylation is 1. The first-order chi connectivity index (χ1) is 11.3. The summed E-state index contributed by atoms with van der Waals surface area (Å²) in [7, 11) is 0. The molecule has 0 unspecified atom stereocenters. The van der Waals surface area contributed by atoms with Gasteiger partial charge in [-0.05, 0) is 30.7 Å². The average Bonchev–Trinajstić information content (AvgIpc) is 2.88. The highest BCUT2D eigenvalue weighted by molar-refractivity contribution is 7.15. The van der Waals surface area contributed by atoms with Crippen LogP contribution in [0.4, 0.5) is 13.2 Å². The van der Waals surface area contributed by atoms with Crippen LogP contribution in [0.3, 0.4) is 0 Å². The lowest BCUT2D eigenvalue weighted by Gasteiger charge is -2.07. The van der Waals surface area contributed by atoms with E-state index in [0.717, 1.165) is 27.7 Å². The number of rotatable bonds is 3. The van der Waals surface area contributed by atoms with Crippen molar-refractivity contribution < 1.29 is 18.3 Å². The number of nitrogens with zero attached hydrogens (tertiary/aromatic N) is 2. The fourth-order valence-corrected chi connectivity index (χ4v) is 3.39. The van der Waals surface area contributed by atoms with Crippen molar-refractivity contribution in [1.82, 2.24) is 9.97 Å². The highest BCUT2D eigenvalue weighted by Gasteiger charge is 2.30. The highest BCUT2D eigenvalue weighted by atomic mass is 32.1. The maximum Gasteiger partial charge on any atom is 0.416 e. The second-order valence-electron chi connectivity index (χ2n) is 5.30. The molecule has 0 amide bonds. The summed E-state index contributed by atoms with van der Waals surface area (Å²) < 4.78 is 38.4. The first-order valence-electron chi connectivity index (χ1n) is 7.11. The fourth-order valence-electron chi connectivity index (χ4n) is 2.32. The Hall–Kier alpha value is -2.41. The van der Waals surface area contributed by atoms with Crippen molar-refractivity contribution in [2.45, 2.75) is 19.5 Å². The van der Waals surface area contributed by atoms with Crippen LogP contribution in [-0.4, -0.2) is 15.1 Å². The zero-order chi connectivity index (χ0) is 17.3. The molecule has 0 aliphatic carbocycles. The maximum atomic E-state index is 12.8. The quantitative estimate of drug-likeness (QED) is 0.736. The summed E-state index contributed by atoms with van der Waals surface area (Å²) in [4.78, 5) is 9.42. The molecule has 0 saturated heterocycles. The zero-order valence-electron chi connectivity index (χ0n) is 12.6. The van der Waals surface area contributed by atoms with Gasteiger partial charge in [-0.1, -0.05) is 18.2 Å². The molecule has 0 bridgehead atoms. The Morgan fingerprint density at radius 3 is 2.62 bits per heavy atom. The van der Waals surface area contributed by atoms with Crippen LogP contribution in [0.25, 0.3) is 10.6 Å². The van der Waals surface area contributed by atoms with Gasteiger partial charge in [-0.25, -0.2) is 4.98 Å². The Bertz CT molecular complexity index is 857. The number of hydrogen-bond acceptors (Lipinski definition) is 4. The van der Waals surface area contributed by atoms with Gasteiger partial charge in [0, 0.05) is 6.42 Å². The van der Waals surface area contributed by atoms with Gasteiger partial charge in [0.1, 0.15) is 5.75 Å². The molecule has 0 aliphatic heterocycles. The third-order valence-corrected chi connectivity index (χ3v) is 4.61. The van der Waals surface area contributed by atoms with Crippen molar-refractivity contribution in [2.24, 2.45) is 0 Å². The number of thiazole rings is 1. The molecule has 3 rings (SSSR count). The number of benzene rings is 1. The summed E-state index contributed by atoms with van der Waals surface area (Å²) in [5.74, 6) is 0.0742. The topological polar surface area (TPSA) is 46.0 Å². The molecule has 0 spiro atoms. The number of aromatic hydroxyl groups is 1. The monoisotopic (exact) mass is 350 g/mol. The van der Waals surface area contributed by atoms with Crippen molar-refractivity contribution in [2.75, 3.05) is 0 Å². The molecule has 2 heterocycles. The van der Waals surface area contributed by atoms with Gasteiger partial charge >= 0.3 is 6.18 Å². The molecule has 3 aromatic rings. The van der Waals surface area contributed by atoms with E-state index in [9.17, 15) is 18.3 Å². The van der Waals surface area contributed by atoms with Gasteiger partial charge in [0.2, 0.25) is 0 Å². The van der Waals surface area contributed by atoms with Crippen LogP contribution in [0, 0.1) is 6.92 Å². The molecule has 0 atom stereocenters. The second kappa shape index (κ2) is 6.24. The third-order valence-electron chi connectivity index (χ3n) is 3.43. The van der Waals surface area contributed by atoms with Crippen LogP contribution < -0.4 is 0 Å². The Kier molecular flexibility index (Phi) is 4.28. The summed E-state index contributed by atoms with van der Waals surface area (Å²) >= 11 is 1.39. The number of pyridine rings is 1. The third kappa shape index (κ3) is 3.56. The molecule has 0 radical (unpaired) electrons. The lowest BCUT2D eigenvalue weighted by atomic mass is 10.1. The van der Waals surface area contributed by atoms with Gasteiger partial charge in [0.25, 0.3) is 0 Å². The largest absolute Gasteiger partial charge is 0.506 e. The molecule has 24 heavy (non-hydrogen) atoms. The van der Waals surface area contributed by atoms with Gasteiger partial charge in [0.15, 0.2) is 0 Å². The predicted molar refractivity (Wildman–Crippen MR) is 86.0 cm³/mol. The molecule has 2 aromatic heterocycles. The number of hydrogen-bond donors (Lipinski definition) is 1. The van der Waals surface area contributed by atoms with E-state index < -0.39 is 11.7 Å². The van der Waals surface area contributed by atoms with E-state index in [-0.39, 0.29) is 5.75 Å². The van der Waals surface area contributed by atoms with Gasteiger partial charge < -0.3 is 5.11 Å². The Labute approximate surface area is 140 Å². The molecule has 3 nitrogen and oxygen atoms in total. The van der Waals surface area contributed by atoms with Gasteiger partial charge in [0.05, 0.1) is 33.0 Å². The van der Waals surface area contributed by atoms with Crippen LogP contribution in [0.2, 0.25) is 0 Å². The molecule has 1 N–H and O–H groups in total. The first kappa shape index (κ1) is 16.4. The van der Waals surface area contributed by atoms with Gasteiger partial charge in [-0.2, -0.15) is 13.2 Å². The van der Waals surface area contributed by atoms with Crippen molar-refractivity contribution in [3.8, 4) is 16.3 Å². The average molecular weight is 350 g/mol. The summed E-state index contributed by atoms with van der Waals surface area (Å²) in [6, 6.07) is 8.49. The maximum absolute atomic E-state index is 12.8. The van der Waals surface area contributed by atoms with Crippen molar-refractivity contribution in [3.05, 3.63) is 64.4 Å². The standard InChI is InChI=1S/C17H13F3N2OS/c1-10-16(14-6-5-13(23)9-21-14)24-15(22-10)8-11-3-2-4-12(7-11)17(18,19)20/h2-7,9,23H,8H2,1H3. The second-order valence-corrected chi connectivity index (χ2v) is 6.38. The molecular weight excluding hydrogens is 337 g/mol.